The van der Waals surface area contributed by atoms with E-state index >= 15 is 0 Å². The van der Waals surface area contributed by atoms with Gasteiger partial charge in [0.15, 0.2) is 0 Å². The number of fused-ring (bicyclic) bond motifs is 2. The SMILES string of the molecule is COc1ccc(C(=O)Nc2ccccc2C(=O)N2C3CCNCC2CC3)cc1.Cl. The van der Waals surface area contributed by atoms with Gasteiger partial charge in [0.2, 0.25) is 0 Å². The van der Waals surface area contributed by atoms with Crippen molar-refractivity contribution in [1.29, 1.82) is 0 Å². The van der Waals surface area contributed by atoms with Crippen LogP contribution in [0.4, 0.5) is 5.69 Å². The molecule has 7 heteroatoms. The second-order valence-electron chi connectivity index (χ2n) is 7.32. The van der Waals surface area contributed by atoms with E-state index in [1.54, 1.807) is 43.5 Å². The largest absolute Gasteiger partial charge is 0.497 e. The van der Waals surface area contributed by atoms with Gasteiger partial charge in [-0.15, -0.1) is 12.4 Å². The predicted octanol–water partition coefficient (Wildman–Crippen LogP) is 3.34. The van der Waals surface area contributed by atoms with Crippen molar-refractivity contribution in [2.45, 2.75) is 31.3 Å². The third kappa shape index (κ3) is 4.38. The molecule has 2 atom stereocenters. The lowest BCUT2D eigenvalue weighted by molar-refractivity contribution is 0.0681. The van der Waals surface area contributed by atoms with E-state index in [1.165, 1.54) is 0 Å². The molecule has 2 saturated heterocycles. The Morgan fingerprint density at radius 3 is 2.52 bits per heavy atom. The summed E-state index contributed by atoms with van der Waals surface area (Å²) in [5.74, 6) is 0.447. The van der Waals surface area contributed by atoms with Gasteiger partial charge in [0, 0.05) is 24.2 Å². The number of hydrogen-bond donors (Lipinski definition) is 2. The minimum Gasteiger partial charge on any atom is -0.497 e. The Labute approximate surface area is 177 Å². The number of hydrogen-bond acceptors (Lipinski definition) is 4. The Hall–Kier alpha value is -2.57. The zero-order valence-corrected chi connectivity index (χ0v) is 17.2. The number of halogens is 1. The standard InChI is InChI=1S/C22H25N3O3.ClH/c1-28-18-10-6-15(7-11-18)21(26)24-20-5-3-2-4-19(20)22(27)25-16-8-9-17(25)14-23-13-12-16;/h2-7,10-11,16-17,23H,8-9,12-14H2,1H3,(H,24,26);1H. The molecule has 0 spiro atoms. The van der Waals surface area contributed by atoms with E-state index in [1.807, 2.05) is 17.0 Å². The smallest absolute Gasteiger partial charge is 0.256 e. The first-order valence-electron chi connectivity index (χ1n) is 9.75. The minimum absolute atomic E-state index is 0. The molecular weight excluding hydrogens is 390 g/mol. The number of amides is 2. The van der Waals surface area contributed by atoms with Gasteiger partial charge in [0.25, 0.3) is 11.8 Å². The van der Waals surface area contributed by atoms with Crippen LogP contribution in [0.15, 0.2) is 48.5 Å². The fourth-order valence-corrected chi connectivity index (χ4v) is 4.17. The maximum absolute atomic E-state index is 13.4. The van der Waals surface area contributed by atoms with E-state index in [2.05, 4.69) is 10.6 Å². The van der Waals surface area contributed by atoms with Crippen molar-refractivity contribution >= 4 is 29.9 Å². The molecule has 29 heavy (non-hydrogen) atoms. The molecule has 0 saturated carbocycles. The van der Waals surface area contributed by atoms with Gasteiger partial charge in [-0.2, -0.15) is 0 Å². The number of benzene rings is 2. The molecule has 0 aromatic heterocycles. The minimum atomic E-state index is -0.247. The highest BCUT2D eigenvalue weighted by molar-refractivity contribution is 6.09. The summed E-state index contributed by atoms with van der Waals surface area (Å²) < 4.78 is 5.13. The van der Waals surface area contributed by atoms with Crippen LogP contribution in [0.5, 0.6) is 5.75 Å². The van der Waals surface area contributed by atoms with Crippen LogP contribution in [0, 0.1) is 0 Å². The number of ether oxygens (including phenoxy) is 1. The number of nitrogens with one attached hydrogen (secondary N) is 2. The maximum atomic E-state index is 13.4. The molecule has 2 amide bonds. The lowest BCUT2D eigenvalue weighted by atomic mass is 10.1. The Bertz CT molecular complexity index is 858. The summed E-state index contributed by atoms with van der Waals surface area (Å²) in [4.78, 5) is 28.1. The molecular formula is C22H26ClN3O3. The molecule has 0 radical (unpaired) electrons. The molecule has 2 aliphatic heterocycles. The highest BCUT2D eigenvalue weighted by Gasteiger charge is 2.38. The molecule has 2 aromatic carbocycles. The van der Waals surface area contributed by atoms with Crippen molar-refractivity contribution in [3.8, 4) is 5.75 Å². The zero-order valence-electron chi connectivity index (χ0n) is 16.4. The Morgan fingerprint density at radius 2 is 1.76 bits per heavy atom. The van der Waals surface area contributed by atoms with Crippen LogP contribution in [-0.4, -0.2) is 49.0 Å². The molecule has 2 heterocycles. The van der Waals surface area contributed by atoms with E-state index in [-0.39, 0.29) is 36.3 Å². The Kier molecular flexibility index (Phi) is 6.77. The Morgan fingerprint density at radius 1 is 1.03 bits per heavy atom. The molecule has 2 N–H and O–H groups in total. The van der Waals surface area contributed by atoms with Gasteiger partial charge in [-0.25, -0.2) is 0 Å². The quantitative estimate of drug-likeness (QED) is 0.803. The molecule has 2 bridgehead atoms. The summed E-state index contributed by atoms with van der Waals surface area (Å²) in [6, 6.07) is 14.7. The molecule has 0 aliphatic carbocycles. The van der Waals surface area contributed by atoms with E-state index in [4.69, 9.17) is 4.74 Å². The number of nitrogens with zero attached hydrogens (tertiary/aromatic N) is 1. The second kappa shape index (κ2) is 9.29. The molecule has 154 valence electrons. The normalized spacial score (nSPS) is 20.4. The van der Waals surface area contributed by atoms with Crippen molar-refractivity contribution in [2.75, 3.05) is 25.5 Å². The van der Waals surface area contributed by atoms with E-state index in [0.717, 1.165) is 32.4 Å². The summed E-state index contributed by atoms with van der Waals surface area (Å²) in [7, 11) is 1.59. The molecule has 2 unspecified atom stereocenters. The van der Waals surface area contributed by atoms with Gasteiger partial charge in [-0.1, -0.05) is 12.1 Å². The van der Waals surface area contributed by atoms with E-state index in [9.17, 15) is 9.59 Å². The lowest BCUT2D eigenvalue weighted by Crippen LogP contribution is -2.42. The molecule has 2 aliphatic rings. The zero-order chi connectivity index (χ0) is 19.5. The van der Waals surface area contributed by atoms with Gasteiger partial charge in [0.1, 0.15) is 5.75 Å². The predicted molar refractivity (Wildman–Crippen MR) is 115 cm³/mol. The van der Waals surface area contributed by atoms with Gasteiger partial charge < -0.3 is 20.3 Å². The van der Waals surface area contributed by atoms with E-state index < -0.39 is 0 Å². The summed E-state index contributed by atoms with van der Waals surface area (Å²) in [6.45, 7) is 1.78. The maximum Gasteiger partial charge on any atom is 0.256 e. The van der Waals surface area contributed by atoms with Crippen molar-refractivity contribution in [2.24, 2.45) is 0 Å². The van der Waals surface area contributed by atoms with Crippen molar-refractivity contribution < 1.29 is 14.3 Å². The Balaban J connectivity index is 0.00000240. The molecule has 2 aromatic rings. The number of anilines is 1. The van der Waals surface area contributed by atoms with Gasteiger partial charge in [-0.3, -0.25) is 9.59 Å². The van der Waals surface area contributed by atoms with Crippen LogP contribution in [0.1, 0.15) is 40.0 Å². The average molecular weight is 416 g/mol. The topological polar surface area (TPSA) is 70.7 Å². The number of methoxy groups -OCH3 is 1. The van der Waals surface area contributed by atoms with Crippen LogP contribution in [0.2, 0.25) is 0 Å². The third-order valence-electron chi connectivity index (χ3n) is 5.65. The van der Waals surface area contributed by atoms with Crippen molar-refractivity contribution in [3.63, 3.8) is 0 Å². The number of rotatable bonds is 4. The second-order valence-corrected chi connectivity index (χ2v) is 7.32. The van der Waals surface area contributed by atoms with Gasteiger partial charge >= 0.3 is 0 Å². The monoisotopic (exact) mass is 415 g/mol. The fraction of sp³-hybridized carbons (Fsp3) is 0.364. The lowest BCUT2D eigenvalue weighted by Gasteiger charge is -2.28. The summed E-state index contributed by atoms with van der Waals surface area (Å²) in [6.07, 6.45) is 3.06. The number of para-hydroxylation sites is 1. The highest BCUT2D eigenvalue weighted by atomic mass is 35.5. The van der Waals surface area contributed by atoms with Crippen LogP contribution in [-0.2, 0) is 0 Å². The molecule has 4 rings (SSSR count). The number of carbonyl (C=O) groups excluding carboxylic acids is 2. The fourth-order valence-electron chi connectivity index (χ4n) is 4.17. The van der Waals surface area contributed by atoms with Crippen LogP contribution in [0.25, 0.3) is 0 Å². The summed E-state index contributed by atoms with van der Waals surface area (Å²) in [5, 5.41) is 6.33. The van der Waals surface area contributed by atoms with Crippen LogP contribution >= 0.6 is 12.4 Å². The number of carbonyl (C=O) groups is 2. The van der Waals surface area contributed by atoms with Crippen LogP contribution in [0.3, 0.4) is 0 Å². The first-order valence-corrected chi connectivity index (χ1v) is 9.75. The molecule has 6 nitrogen and oxygen atoms in total. The van der Waals surface area contributed by atoms with Gasteiger partial charge in [-0.05, 0) is 62.2 Å². The first kappa shape index (κ1) is 21.1. The highest BCUT2D eigenvalue weighted by Crippen LogP contribution is 2.31. The first-order chi connectivity index (χ1) is 13.7. The van der Waals surface area contributed by atoms with E-state index in [0.29, 0.717) is 22.6 Å². The molecule has 2 fully saturated rings. The van der Waals surface area contributed by atoms with Crippen molar-refractivity contribution in [1.82, 2.24) is 10.2 Å². The van der Waals surface area contributed by atoms with Crippen LogP contribution < -0.4 is 15.4 Å². The van der Waals surface area contributed by atoms with Crippen molar-refractivity contribution in [3.05, 3.63) is 59.7 Å². The summed E-state index contributed by atoms with van der Waals surface area (Å²) >= 11 is 0. The van der Waals surface area contributed by atoms with Gasteiger partial charge in [0.05, 0.1) is 18.4 Å². The third-order valence-corrected chi connectivity index (χ3v) is 5.65. The average Bonchev–Trinajstić information content (AvgIpc) is 3.00. The summed E-state index contributed by atoms with van der Waals surface area (Å²) in [5.41, 5.74) is 1.61.